The fourth-order valence-corrected chi connectivity index (χ4v) is 15.1. The molecule has 3 saturated carbocycles. The standard InChI is InChI=1S/C49H72O17S/c1-22-10-15-49(59-20-22)23(2)34-30(66-49)18-29-27-9-8-25-17-26(11-13-47(25,4)28(27)12-14-48(29,34)5)61-46-42(65-44-39(55)37(53)35(51)24(3)60-44)40(56)41(31(19-50)62-46)64-45-38(54)36(52)32(63-45)21-58-43(57)33-7-6-16-67-33/h6-8,16,22-24,26-32,34-42,44-46,50-56H,9-15,17-21H2,1-5H3/t22-,23+,24+,26+,27?,28?,29?,30?,31-,32+,34?,35+,36+,37-,38-,39-,40+,41-,42-,44+,45+,46-,47+,48+,49-/m1/s1. The summed E-state index contributed by atoms with van der Waals surface area (Å²) in [5, 5.41) is 78.5. The van der Waals surface area contributed by atoms with Gasteiger partial charge in [0.1, 0.15) is 72.5 Å². The number of ether oxygens (including phenoxy) is 9. The number of allylic oxidation sites excluding steroid dienone is 1. The number of aliphatic hydroxyl groups is 7. The molecule has 4 aliphatic carbocycles. The first-order valence-corrected chi connectivity index (χ1v) is 25.7. The van der Waals surface area contributed by atoms with E-state index in [4.69, 9.17) is 42.6 Å². The summed E-state index contributed by atoms with van der Waals surface area (Å²) in [6.07, 6.45) is -9.52. The highest BCUT2D eigenvalue weighted by Gasteiger charge is 2.69. The zero-order valence-electron chi connectivity index (χ0n) is 39.1. The van der Waals surface area contributed by atoms with Crippen molar-refractivity contribution < 1.29 is 83.2 Å². The van der Waals surface area contributed by atoms with E-state index in [9.17, 15) is 40.5 Å². The minimum absolute atomic E-state index is 0.0342. The van der Waals surface area contributed by atoms with Gasteiger partial charge in [0.25, 0.3) is 0 Å². The van der Waals surface area contributed by atoms with Crippen LogP contribution >= 0.6 is 11.3 Å². The van der Waals surface area contributed by atoms with E-state index in [0.717, 1.165) is 51.6 Å². The van der Waals surface area contributed by atoms with Crippen molar-refractivity contribution in [2.75, 3.05) is 19.8 Å². The molecular formula is C49H72O17S. The van der Waals surface area contributed by atoms with Gasteiger partial charge in [-0.25, -0.2) is 4.79 Å². The van der Waals surface area contributed by atoms with E-state index < -0.39 is 111 Å². The molecule has 17 nitrogen and oxygen atoms in total. The van der Waals surface area contributed by atoms with Gasteiger partial charge in [0.05, 0.1) is 31.5 Å². The van der Waals surface area contributed by atoms with Crippen LogP contribution in [0.25, 0.3) is 0 Å². The third-order valence-corrected chi connectivity index (χ3v) is 19.1. The highest BCUT2D eigenvalue weighted by Crippen LogP contribution is 2.70. The number of hydrogen-bond donors (Lipinski definition) is 7. The van der Waals surface area contributed by atoms with E-state index in [-0.39, 0.29) is 23.0 Å². The van der Waals surface area contributed by atoms with Crippen LogP contribution in [0.5, 0.6) is 0 Å². The molecule has 10 rings (SSSR count). The number of esters is 1. The fraction of sp³-hybridized carbons (Fsp3) is 0.857. The minimum atomic E-state index is -1.73. The molecule has 0 radical (unpaired) electrons. The lowest BCUT2D eigenvalue weighted by Crippen LogP contribution is -2.65. The van der Waals surface area contributed by atoms with Gasteiger partial charge in [-0.2, -0.15) is 0 Å². The summed E-state index contributed by atoms with van der Waals surface area (Å²) < 4.78 is 55.9. The predicted octanol–water partition coefficient (Wildman–Crippen LogP) is 2.78. The van der Waals surface area contributed by atoms with E-state index in [2.05, 4.69) is 33.8 Å². The van der Waals surface area contributed by atoms with E-state index in [1.165, 1.54) is 23.8 Å². The minimum Gasteiger partial charge on any atom is -0.459 e. The molecule has 1 aromatic rings. The first-order valence-electron chi connectivity index (χ1n) is 24.8. The van der Waals surface area contributed by atoms with Gasteiger partial charge >= 0.3 is 5.97 Å². The Morgan fingerprint density at radius 2 is 1.55 bits per heavy atom. The molecule has 376 valence electrons. The fourth-order valence-electron chi connectivity index (χ4n) is 14.4. The zero-order valence-corrected chi connectivity index (χ0v) is 39.9. The molecule has 0 aromatic carbocycles. The van der Waals surface area contributed by atoms with Crippen LogP contribution < -0.4 is 0 Å². The summed E-state index contributed by atoms with van der Waals surface area (Å²) in [4.78, 5) is 12.8. The number of hydrogen-bond acceptors (Lipinski definition) is 18. The molecular weight excluding hydrogens is 893 g/mol. The summed E-state index contributed by atoms with van der Waals surface area (Å²) in [6, 6.07) is 3.28. The van der Waals surface area contributed by atoms with Gasteiger partial charge in [0.2, 0.25) is 0 Å². The monoisotopic (exact) mass is 964 g/mol. The van der Waals surface area contributed by atoms with E-state index in [0.29, 0.717) is 53.2 Å². The maximum atomic E-state index is 12.5. The zero-order chi connectivity index (χ0) is 47.3. The molecule has 18 heteroatoms. The topological polar surface area (TPSA) is 242 Å². The Morgan fingerprint density at radius 3 is 2.28 bits per heavy atom. The van der Waals surface area contributed by atoms with Crippen LogP contribution in [-0.4, -0.2) is 166 Å². The van der Waals surface area contributed by atoms with Crippen molar-refractivity contribution in [3.05, 3.63) is 34.0 Å². The van der Waals surface area contributed by atoms with Gasteiger partial charge in [-0.3, -0.25) is 0 Å². The maximum absolute atomic E-state index is 12.5. The average Bonchev–Trinajstić information content (AvgIpc) is 4.08. The van der Waals surface area contributed by atoms with Crippen molar-refractivity contribution in [3.8, 4) is 0 Å². The number of carbonyl (C=O) groups excluding carboxylic acids is 1. The van der Waals surface area contributed by atoms with Crippen molar-refractivity contribution in [2.24, 2.45) is 46.3 Å². The van der Waals surface area contributed by atoms with Crippen LogP contribution in [0, 0.1) is 46.3 Å². The Morgan fingerprint density at radius 1 is 0.806 bits per heavy atom. The molecule has 5 aliphatic heterocycles. The second-order valence-corrected chi connectivity index (χ2v) is 22.9. The smallest absolute Gasteiger partial charge is 0.348 e. The molecule has 67 heavy (non-hydrogen) atoms. The van der Waals surface area contributed by atoms with Crippen LogP contribution in [0.2, 0.25) is 0 Å². The Kier molecular flexibility index (Phi) is 13.7. The average molecular weight is 965 g/mol. The highest BCUT2D eigenvalue weighted by atomic mass is 32.1. The first-order chi connectivity index (χ1) is 32.0. The molecule has 0 amide bonds. The van der Waals surface area contributed by atoms with Gasteiger partial charge in [-0.05, 0) is 110 Å². The van der Waals surface area contributed by atoms with Crippen LogP contribution in [-0.2, 0) is 42.6 Å². The van der Waals surface area contributed by atoms with E-state index in [1.54, 1.807) is 17.5 Å². The lowest BCUT2D eigenvalue weighted by atomic mass is 9.47. The van der Waals surface area contributed by atoms with Crippen molar-refractivity contribution >= 4 is 17.3 Å². The Balaban J connectivity index is 0.835. The number of fused-ring (bicyclic) bond motifs is 7. The first kappa shape index (κ1) is 48.9. The maximum Gasteiger partial charge on any atom is 0.348 e. The Labute approximate surface area is 395 Å². The lowest BCUT2D eigenvalue weighted by Gasteiger charge is -2.58. The molecule has 0 bridgehead atoms. The van der Waals surface area contributed by atoms with Crippen LogP contribution in [0.4, 0.5) is 0 Å². The molecule has 6 heterocycles. The van der Waals surface area contributed by atoms with Gasteiger partial charge in [-0.15, -0.1) is 11.3 Å². The normalized spacial score (nSPS) is 52.8. The predicted molar refractivity (Wildman–Crippen MR) is 236 cm³/mol. The molecule has 25 atom stereocenters. The number of aliphatic hydroxyl groups excluding tert-OH is 7. The van der Waals surface area contributed by atoms with Crippen molar-refractivity contribution in [1.29, 1.82) is 0 Å². The molecule has 5 unspecified atom stereocenters. The molecule has 1 spiro atoms. The third-order valence-electron chi connectivity index (χ3n) is 18.3. The van der Waals surface area contributed by atoms with Crippen LogP contribution in [0.3, 0.4) is 0 Å². The Hall–Kier alpha value is -1.69. The summed E-state index contributed by atoms with van der Waals surface area (Å²) in [7, 11) is 0. The molecule has 8 fully saturated rings. The van der Waals surface area contributed by atoms with Crippen molar-refractivity contribution in [2.45, 2.75) is 196 Å². The summed E-state index contributed by atoms with van der Waals surface area (Å²) in [6.45, 7) is 10.8. The van der Waals surface area contributed by atoms with Crippen molar-refractivity contribution in [3.63, 3.8) is 0 Å². The van der Waals surface area contributed by atoms with E-state index in [1.807, 2.05) is 0 Å². The van der Waals surface area contributed by atoms with Gasteiger partial charge < -0.3 is 78.4 Å². The van der Waals surface area contributed by atoms with Crippen molar-refractivity contribution in [1.82, 2.24) is 0 Å². The lowest BCUT2D eigenvalue weighted by molar-refractivity contribution is -0.380. The van der Waals surface area contributed by atoms with Gasteiger partial charge in [0, 0.05) is 12.3 Å². The SMILES string of the molecule is C[C@@H]1CC[C@@]2(OC1)OC1CC3C4CC=C5C[C@@H](O[C@@H]6O[C@H](CO)[C@@H](O[C@@H]7O[C@@H](COC(=O)c8cccs8)[C@H](O)[C@H]7O)[C@H](O)[C@H]6O[C@@H]6O[C@@H](C)[C@H](O)[C@@H](O)[C@H]6O)CC[C@]5(C)C4CC[C@]3(C)C1[C@@H]2C. The molecule has 7 N–H and O–H groups in total. The second kappa shape index (κ2) is 18.7. The quantitative estimate of drug-likeness (QED) is 0.132. The van der Waals surface area contributed by atoms with Gasteiger partial charge in [0.15, 0.2) is 24.7 Å². The number of rotatable bonds is 10. The number of carbonyl (C=O) groups is 1. The summed E-state index contributed by atoms with van der Waals surface area (Å²) in [5.41, 5.74) is 1.49. The van der Waals surface area contributed by atoms with Crippen LogP contribution in [0.15, 0.2) is 29.2 Å². The van der Waals surface area contributed by atoms with E-state index >= 15 is 0 Å². The second-order valence-electron chi connectivity index (χ2n) is 22.0. The van der Waals surface area contributed by atoms with Gasteiger partial charge in [-0.1, -0.05) is 45.4 Å². The number of thiophene rings is 1. The Bertz CT molecular complexity index is 1930. The summed E-state index contributed by atoms with van der Waals surface area (Å²) in [5.74, 6) is 1.94. The molecule has 1 aromatic heterocycles. The highest BCUT2D eigenvalue weighted by molar-refractivity contribution is 7.11. The summed E-state index contributed by atoms with van der Waals surface area (Å²) >= 11 is 1.18. The molecule has 9 aliphatic rings. The van der Waals surface area contributed by atoms with Crippen LogP contribution in [0.1, 0.15) is 102 Å². The molecule has 5 saturated heterocycles. The largest absolute Gasteiger partial charge is 0.459 e. The third kappa shape index (κ3) is 8.41.